The highest BCUT2D eigenvalue weighted by Crippen LogP contribution is 2.43. The van der Waals surface area contributed by atoms with Crippen molar-refractivity contribution in [3.63, 3.8) is 0 Å². The molecule has 2 unspecified atom stereocenters. The predicted octanol–water partition coefficient (Wildman–Crippen LogP) is 10.2. The number of hydrogen-bond acceptors (Lipinski definition) is 9. The van der Waals surface area contributed by atoms with E-state index in [2.05, 4.69) is 68.5 Å². The van der Waals surface area contributed by atoms with Gasteiger partial charge >= 0.3 is 19.8 Å². The van der Waals surface area contributed by atoms with Crippen LogP contribution in [0.3, 0.4) is 0 Å². The van der Waals surface area contributed by atoms with Crippen molar-refractivity contribution in [2.75, 3.05) is 26.4 Å². The Hall–Kier alpha value is -2.85. The fourth-order valence-electron chi connectivity index (χ4n) is 4.89. The van der Waals surface area contributed by atoms with Crippen LogP contribution in [0.15, 0.2) is 85.1 Å². The second-order valence-corrected chi connectivity index (χ2v) is 14.4. The second-order valence-electron chi connectivity index (χ2n) is 12.9. The molecule has 308 valence electrons. The van der Waals surface area contributed by atoms with Crippen molar-refractivity contribution >= 4 is 19.8 Å². The summed E-state index contributed by atoms with van der Waals surface area (Å²) in [6, 6.07) is 0. The van der Waals surface area contributed by atoms with Gasteiger partial charge in [0.2, 0.25) is 0 Å². The molecule has 0 bridgehead atoms. The van der Waals surface area contributed by atoms with Crippen LogP contribution in [0.1, 0.15) is 136 Å². The fraction of sp³-hybridized carbons (Fsp3) is 0.628. The molecule has 0 heterocycles. The van der Waals surface area contributed by atoms with Crippen molar-refractivity contribution in [1.82, 2.24) is 0 Å². The minimum absolute atomic E-state index is 0.0332. The highest BCUT2D eigenvalue weighted by atomic mass is 31.2. The number of carbonyl (C=O) groups is 2. The first-order valence-electron chi connectivity index (χ1n) is 20.2. The molecular weight excluding hydrogens is 705 g/mol. The molecule has 11 heteroatoms. The molecule has 0 saturated carbocycles. The number of nitrogens with two attached hydrogens (primary N) is 1. The Labute approximate surface area is 326 Å². The number of hydrogen-bond donors (Lipinski definition) is 3. The smallest absolute Gasteiger partial charge is 0.462 e. The van der Waals surface area contributed by atoms with E-state index in [4.69, 9.17) is 24.3 Å². The van der Waals surface area contributed by atoms with Gasteiger partial charge in [-0.1, -0.05) is 131 Å². The highest BCUT2D eigenvalue weighted by Gasteiger charge is 2.26. The van der Waals surface area contributed by atoms with E-state index in [1.165, 1.54) is 0 Å². The van der Waals surface area contributed by atoms with Gasteiger partial charge in [0.25, 0.3) is 0 Å². The third kappa shape index (κ3) is 37.5. The fourth-order valence-corrected chi connectivity index (χ4v) is 5.66. The first kappa shape index (κ1) is 51.1. The maximum atomic E-state index is 12.6. The van der Waals surface area contributed by atoms with Crippen molar-refractivity contribution in [1.29, 1.82) is 0 Å². The number of rotatable bonds is 36. The molecule has 3 atom stereocenters. The van der Waals surface area contributed by atoms with Gasteiger partial charge in [-0.2, -0.15) is 0 Å². The quantitative estimate of drug-likeness (QED) is 0.0184. The van der Waals surface area contributed by atoms with E-state index in [0.29, 0.717) is 19.3 Å². The lowest BCUT2D eigenvalue weighted by Gasteiger charge is -2.19. The summed E-state index contributed by atoms with van der Waals surface area (Å²) in [7, 11) is -4.40. The minimum Gasteiger partial charge on any atom is -0.462 e. The average molecular weight is 778 g/mol. The molecule has 0 rings (SSSR count). The van der Waals surface area contributed by atoms with Crippen LogP contribution in [-0.4, -0.2) is 60.5 Å². The first-order chi connectivity index (χ1) is 26.2. The summed E-state index contributed by atoms with van der Waals surface area (Å²) >= 11 is 0. The van der Waals surface area contributed by atoms with E-state index in [1.54, 1.807) is 6.08 Å². The number of carbonyl (C=O) groups excluding carboxylic acids is 2. The minimum atomic E-state index is -4.40. The second kappa shape index (κ2) is 38.4. The molecule has 0 aliphatic heterocycles. The summed E-state index contributed by atoms with van der Waals surface area (Å²) in [6.07, 6.45) is 43.7. The molecule has 0 aromatic rings. The third-order valence-electron chi connectivity index (χ3n) is 7.86. The van der Waals surface area contributed by atoms with Gasteiger partial charge in [-0.25, -0.2) is 4.57 Å². The van der Waals surface area contributed by atoms with Crippen molar-refractivity contribution in [2.24, 2.45) is 5.73 Å². The third-order valence-corrected chi connectivity index (χ3v) is 8.84. The number of allylic oxidation sites excluding steroid dienone is 12. The molecule has 0 aromatic carbocycles. The van der Waals surface area contributed by atoms with Gasteiger partial charge in [0.15, 0.2) is 6.10 Å². The van der Waals surface area contributed by atoms with Crippen LogP contribution in [0, 0.1) is 0 Å². The van der Waals surface area contributed by atoms with E-state index >= 15 is 0 Å². The van der Waals surface area contributed by atoms with Gasteiger partial charge in [0, 0.05) is 19.4 Å². The molecule has 0 fully saturated rings. The van der Waals surface area contributed by atoms with Gasteiger partial charge in [0.05, 0.1) is 19.3 Å². The van der Waals surface area contributed by atoms with E-state index in [1.807, 2.05) is 24.3 Å². The van der Waals surface area contributed by atoms with E-state index in [0.717, 1.165) is 89.9 Å². The monoisotopic (exact) mass is 777 g/mol. The number of aliphatic hydroxyl groups is 1. The molecule has 0 spiro atoms. The first-order valence-corrected chi connectivity index (χ1v) is 21.7. The number of phosphoric acid groups is 1. The highest BCUT2D eigenvalue weighted by molar-refractivity contribution is 7.47. The Morgan fingerprint density at radius 3 is 1.81 bits per heavy atom. The Kier molecular flexibility index (Phi) is 36.4. The van der Waals surface area contributed by atoms with Crippen LogP contribution in [-0.2, 0) is 32.7 Å². The summed E-state index contributed by atoms with van der Waals surface area (Å²) < 4.78 is 32.6. The SMILES string of the molecule is CC/C=C\C/C=C\C/C=C\C/C=C\CCCCCCC(=O)O[C@H](COC(=O)CCCCCCC/C=C/C=C/C(O)C/C=C/CC)COP(=O)(O)OCCN. The van der Waals surface area contributed by atoms with Crippen molar-refractivity contribution in [2.45, 2.75) is 148 Å². The Balaban J connectivity index is 4.33. The van der Waals surface area contributed by atoms with Crippen LogP contribution in [0.2, 0.25) is 0 Å². The number of ether oxygens (including phenoxy) is 2. The van der Waals surface area contributed by atoms with Crippen molar-refractivity contribution < 1.29 is 42.7 Å². The van der Waals surface area contributed by atoms with Gasteiger partial charge in [-0.3, -0.25) is 18.6 Å². The summed E-state index contributed by atoms with van der Waals surface area (Å²) in [4.78, 5) is 34.8. The summed E-state index contributed by atoms with van der Waals surface area (Å²) in [5, 5.41) is 9.85. The standard InChI is InChI=1S/C43H72NO9P/c1-3-5-7-8-9-10-11-12-13-14-15-16-17-20-24-27-31-35-43(47)53-41(39-52-54(48,49)51-37-36-44)38-50-42(46)34-30-26-23-21-18-19-22-25-29-33-40(45)32-28-6-4-2/h5-7,9-10,12-13,15-16,22,25,28-29,33,40-41,45H,3-4,8,11,14,17-21,23-24,26-27,30-32,34-39,44H2,1-2H3,(H,48,49)/b7-5-,10-9-,13-12-,16-15-,25-22+,28-6+,33-29+/t40?,41-/m1/s1. The number of esters is 2. The van der Waals surface area contributed by atoms with Crippen LogP contribution < -0.4 is 5.73 Å². The molecule has 0 aromatic heterocycles. The van der Waals surface area contributed by atoms with Crippen molar-refractivity contribution in [3.8, 4) is 0 Å². The Morgan fingerprint density at radius 2 is 1.19 bits per heavy atom. The van der Waals surface area contributed by atoms with E-state index in [-0.39, 0.29) is 32.6 Å². The largest absolute Gasteiger partial charge is 0.472 e. The van der Waals surface area contributed by atoms with Crippen LogP contribution >= 0.6 is 7.82 Å². The maximum absolute atomic E-state index is 12.6. The Bertz CT molecular complexity index is 1180. The van der Waals surface area contributed by atoms with Gasteiger partial charge in [0.1, 0.15) is 6.61 Å². The zero-order valence-electron chi connectivity index (χ0n) is 33.3. The molecular formula is C43H72NO9P. The maximum Gasteiger partial charge on any atom is 0.472 e. The summed E-state index contributed by atoms with van der Waals surface area (Å²) in [5.41, 5.74) is 5.33. The van der Waals surface area contributed by atoms with Crippen LogP contribution in [0.25, 0.3) is 0 Å². The van der Waals surface area contributed by atoms with Crippen molar-refractivity contribution in [3.05, 3.63) is 85.1 Å². The molecule has 54 heavy (non-hydrogen) atoms. The predicted molar refractivity (Wildman–Crippen MR) is 221 cm³/mol. The zero-order valence-corrected chi connectivity index (χ0v) is 34.2. The van der Waals surface area contributed by atoms with Gasteiger partial charge in [-0.05, 0) is 77.0 Å². The van der Waals surface area contributed by atoms with Crippen LogP contribution in [0.4, 0.5) is 0 Å². The number of aliphatic hydroxyl groups excluding tert-OH is 1. The summed E-state index contributed by atoms with van der Waals surface area (Å²) in [5.74, 6) is -0.921. The van der Waals surface area contributed by atoms with E-state index in [9.17, 15) is 24.2 Å². The Morgan fingerprint density at radius 1 is 0.648 bits per heavy atom. The molecule has 0 radical (unpaired) electrons. The average Bonchev–Trinajstić information content (AvgIpc) is 3.15. The van der Waals surface area contributed by atoms with E-state index < -0.39 is 38.6 Å². The summed E-state index contributed by atoms with van der Waals surface area (Å²) in [6.45, 7) is 3.30. The van der Waals surface area contributed by atoms with Gasteiger partial charge < -0.3 is 25.2 Å². The molecule has 0 saturated heterocycles. The normalized spacial score (nSPS) is 14.8. The topological polar surface area (TPSA) is 155 Å². The van der Waals surface area contributed by atoms with Crippen LogP contribution in [0.5, 0.6) is 0 Å². The molecule has 0 amide bonds. The lowest BCUT2D eigenvalue weighted by molar-refractivity contribution is -0.161. The molecule has 10 nitrogen and oxygen atoms in total. The zero-order chi connectivity index (χ0) is 39.8. The lowest BCUT2D eigenvalue weighted by atomic mass is 10.1. The molecule has 4 N–H and O–H groups in total. The molecule has 0 aliphatic rings. The number of phosphoric ester groups is 1. The van der Waals surface area contributed by atoms with Gasteiger partial charge in [-0.15, -0.1) is 0 Å². The lowest BCUT2D eigenvalue weighted by Crippen LogP contribution is -2.29. The molecule has 0 aliphatic carbocycles. The number of unbranched alkanes of at least 4 members (excludes halogenated alkanes) is 9.